The van der Waals surface area contributed by atoms with Crippen molar-refractivity contribution in [2.24, 2.45) is 5.10 Å². The minimum Gasteiger partial charge on any atom is -0.483 e. The van der Waals surface area contributed by atoms with Crippen LogP contribution in [0.4, 0.5) is 13.2 Å². The summed E-state index contributed by atoms with van der Waals surface area (Å²) >= 11 is 0. The number of alkyl halides is 3. The summed E-state index contributed by atoms with van der Waals surface area (Å²) in [5.41, 5.74) is -2.38. The Hall–Kier alpha value is -2.09. The van der Waals surface area contributed by atoms with E-state index in [0.717, 1.165) is 5.56 Å². The number of halogens is 3. The SMILES string of the molecule is CCC1=NN(C(=O)COc2ccccc2C(C)C)[C@@](O)(C(F)(F)F)C1. The molecule has 1 aliphatic heterocycles. The number of carbonyl (C=O) groups is 1. The highest BCUT2D eigenvalue weighted by Gasteiger charge is 2.62. The van der Waals surface area contributed by atoms with E-state index in [1.165, 1.54) is 0 Å². The molecule has 5 nitrogen and oxygen atoms in total. The van der Waals surface area contributed by atoms with Gasteiger partial charge in [-0.15, -0.1) is 0 Å². The third kappa shape index (κ3) is 3.78. The van der Waals surface area contributed by atoms with Gasteiger partial charge in [0.15, 0.2) is 6.61 Å². The molecule has 1 amide bonds. The molecule has 1 aromatic carbocycles. The Bertz CT molecular complexity index is 673. The number of hydrazone groups is 1. The fourth-order valence-corrected chi connectivity index (χ4v) is 2.59. The standard InChI is InChI=1S/C17H21F3N2O3/c1-4-12-9-16(24,17(18,19)20)22(21-12)15(23)10-25-14-8-6-5-7-13(14)11(2)3/h5-8,11,24H,4,9-10H2,1-3H3/t16-/m0/s1. The van der Waals surface area contributed by atoms with E-state index in [9.17, 15) is 23.1 Å². The maximum atomic E-state index is 13.2. The molecule has 0 unspecified atom stereocenters. The van der Waals surface area contributed by atoms with Gasteiger partial charge in [-0.1, -0.05) is 39.0 Å². The molecule has 2 rings (SSSR count). The summed E-state index contributed by atoms with van der Waals surface area (Å²) in [7, 11) is 0. The van der Waals surface area contributed by atoms with Crippen molar-refractivity contribution in [1.82, 2.24) is 5.01 Å². The molecule has 0 aliphatic carbocycles. The average molecular weight is 358 g/mol. The smallest absolute Gasteiger partial charge is 0.438 e. The van der Waals surface area contributed by atoms with Crippen LogP contribution in [0.25, 0.3) is 0 Å². The molecule has 0 radical (unpaired) electrons. The molecule has 0 saturated heterocycles. The van der Waals surface area contributed by atoms with E-state index in [1.807, 2.05) is 26.0 Å². The number of amides is 1. The van der Waals surface area contributed by atoms with Crippen LogP contribution in [0.1, 0.15) is 45.1 Å². The normalized spacial score (nSPS) is 20.8. The highest BCUT2D eigenvalue weighted by Crippen LogP contribution is 2.40. The molecular weight excluding hydrogens is 337 g/mol. The van der Waals surface area contributed by atoms with Crippen LogP contribution in [-0.2, 0) is 4.79 Å². The van der Waals surface area contributed by atoms with Crippen LogP contribution in [0.2, 0.25) is 0 Å². The molecule has 1 aliphatic rings. The summed E-state index contributed by atoms with van der Waals surface area (Å²) in [5, 5.41) is 13.8. The monoisotopic (exact) mass is 358 g/mol. The maximum Gasteiger partial charge on any atom is 0.438 e. The van der Waals surface area contributed by atoms with Crippen LogP contribution in [-0.4, -0.2) is 40.2 Å². The molecule has 1 heterocycles. The van der Waals surface area contributed by atoms with Crippen LogP contribution in [0, 0.1) is 0 Å². The van der Waals surface area contributed by atoms with Crippen LogP contribution in [0.15, 0.2) is 29.4 Å². The van der Waals surface area contributed by atoms with Crippen LogP contribution >= 0.6 is 0 Å². The lowest BCUT2D eigenvalue weighted by Crippen LogP contribution is -2.57. The van der Waals surface area contributed by atoms with E-state index in [0.29, 0.717) is 5.75 Å². The van der Waals surface area contributed by atoms with Crippen molar-refractivity contribution < 1.29 is 27.8 Å². The van der Waals surface area contributed by atoms with Crippen molar-refractivity contribution in [3.8, 4) is 5.75 Å². The maximum absolute atomic E-state index is 13.2. The van der Waals surface area contributed by atoms with Crippen molar-refractivity contribution in [2.45, 2.75) is 51.4 Å². The number of rotatable bonds is 5. The fraction of sp³-hybridized carbons (Fsp3) is 0.529. The Morgan fingerprint density at radius 1 is 1.40 bits per heavy atom. The molecule has 0 aromatic heterocycles. The Labute approximate surface area is 144 Å². The zero-order valence-corrected chi connectivity index (χ0v) is 14.3. The largest absolute Gasteiger partial charge is 0.483 e. The van der Waals surface area contributed by atoms with Gasteiger partial charge in [0.25, 0.3) is 11.6 Å². The van der Waals surface area contributed by atoms with Gasteiger partial charge < -0.3 is 9.84 Å². The van der Waals surface area contributed by atoms with Crippen molar-refractivity contribution in [3.63, 3.8) is 0 Å². The Balaban J connectivity index is 2.18. The molecule has 138 valence electrons. The summed E-state index contributed by atoms with van der Waals surface area (Å²) in [4.78, 5) is 12.3. The van der Waals surface area contributed by atoms with Gasteiger partial charge in [0, 0.05) is 12.1 Å². The van der Waals surface area contributed by atoms with Crippen molar-refractivity contribution >= 4 is 11.6 Å². The highest BCUT2D eigenvalue weighted by molar-refractivity contribution is 5.91. The molecule has 0 fully saturated rings. The molecule has 8 heteroatoms. The van der Waals surface area contributed by atoms with Gasteiger partial charge in [-0.05, 0) is 24.0 Å². The Morgan fingerprint density at radius 2 is 2.04 bits per heavy atom. The molecule has 0 saturated carbocycles. The number of nitrogens with zero attached hydrogens (tertiary/aromatic N) is 2. The second-order valence-electron chi connectivity index (χ2n) is 6.20. The minimum absolute atomic E-state index is 0.101. The van der Waals surface area contributed by atoms with Gasteiger partial charge in [-0.3, -0.25) is 4.79 Å². The summed E-state index contributed by atoms with van der Waals surface area (Å²) in [6, 6.07) is 6.98. The Kier molecular flexibility index (Phi) is 5.41. The average Bonchev–Trinajstić information content (AvgIpc) is 2.91. The molecule has 1 atom stereocenters. The van der Waals surface area contributed by atoms with Gasteiger partial charge >= 0.3 is 6.18 Å². The second kappa shape index (κ2) is 7.03. The number of hydrogen-bond acceptors (Lipinski definition) is 4. The van der Waals surface area contributed by atoms with Crippen LogP contribution < -0.4 is 4.74 Å². The van der Waals surface area contributed by atoms with Gasteiger partial charge in [-0.2, -0.15) is 23.3 Å². The summed E-state index contributed by atoms with van der Waals surface area (Å²) < 4.78 is 45.1. The van der Waals surface area contributed by atoms with Crippen LogP contribution in [0.3, 0.4) is 0 Å². The first-order valence-corrected chi connectivity index (χ1v) is 8.00. The first-order valence-electron chi connectivity index (χ1n) is 8.00. The molecule has 1 aromatic rings. The second-order valence-corrected chi connectivity index (χ2v) is 6.20. The quantitative estimate of drug-likeness (QED) is 0.877. The number of hydrogen-bond donors (Lipinski definition) is 1. The van der Waals surface area contributed by atoms with Gasteiger partial charge in [-0.25, -0.2) is 0 Å². The van der Waals surface area contributed by atoms with Crippen molar-refractivity contribution in [1.29, 1.82) is 0 Å². The first kappa shape index (κ1) is 19.2. The lowest BCUT2D eigenvalue weighted by Gasteiger charge is -2.32. The van der Waals surface area contributed by atoms with E-state index >= 15 is 0 Å². The van der Waals surface area contributed by atoms with Crippen molar-refractivity contribution in [3.05, 3.63) is 29.8 Å². The summed E-state index contributed by atoms with van der Waals surface area (Å²) in [5.74, 6) is -0.517. The van der Waals surface area contributed by atoms with Crippen LogP contribution in [0.5, 0.6) is 5.75 Å². The molecular formula is C17H21F3N2O3. The molecule has 0 bridgehead atoms. The molecule has 25 heavy (non-hydrogen) atoms. The number of benzene rings is 1. The summed E-state index contributed by atoms with van der Waals surface area (Å²) in [6.45, 7) is 4.83. The number of aliphatic hydroxyl groups is 1. The summed E-state index contributed by atoms with van der Waals surface area (Å²) in [6.07, 6.45) is -5.56. The predicted molar refractivity (Wildman–Crippen MR) is 86.2 cm³/mol. The topological polar surface area (TPSA) is 62.1 Å². The fourth-order valence-electron chi connectivity index (χ4n) is 2.59. The van der Waals surface area contributed by atoms with E-state index in [-0.39, 0.29) is 23.1 Å². The van der Waals surface area contributed by atoms with E-state index in [2.05, 4.69) is 5.10 Å². The molecule has 0 spiro atoms. The van der Waals surface area contributed by atoms with E-state index in [4.69, 9.17) is 4.74 Å². The molecule has 1 N–H and O–H groups in total. The minimum atomic E-state index is -5.01. The lowest BCUT2D eigenvalue weighted by atomic mass is 10.0. The van der Waals surface area contributed by atoms with E-state index < -0.39 is 30.8 Å². The lowest BCUT2D eigenvalue weighted by molar-refractivity contribution is -0.302. The number of para-hydroxylation sites is 1. The zero-order valence-electron chi connectivity index (χ0n) is 14.3. The van der Waals surface area contributed by atoms with Crippen molar-refractivity contribution in [2.75, 3.05) is 6.61 Å². The van der Waals surface area contributed by atoms with Gasteiger partial charge in [0.2, 0.25) is 0 Å². The van der Waals surface area contributed by atoms with Gasteiger partial charge in [0.05, 0.1) is 0 Å². The third-order valence-electron chi connectivity index (χ3n) is 4.03. The number of ether oxygens (including phenoxy) is 1. The zero-order chi connectivity index (χ0) is 18.8. The highest BCUT2D eigenvalue weighted by atomic mass is 19.4. The Morgan fingerprint density at radius 3 is 2.60 bits per heavy atom. The number of carbonyl (C=O) groups excluding carboxylic acids is 1. The van der Waals surface area contributed by atoms with E-state index in [1.54, 1.807) is 19.1 Å². The first-order chi connectivity index (χ1) is 11.6. The predicted octanol–water partition coefficient (Wildman–Crippen LogP) is 3.44. The third-order valence-corrected chi connectivity index (χ3v) is 4.03. The van der Waals surface area contributed by atoms with Gasteiger partial charge in [0.1, 0.15) is 5.75 Å².